The molecule has 3 aliphatic rings. The zero-order valence-electron chi connectivity index (χ0n) is 19.2. The van der Waals surface area contributed by atoms with Gasteiger partial charge in [-0.25, -0.2) is 14.0 Å². The highest BCUT2D eigenvalue weighted by atomic mass is 32.2. The van der Waals surface area contributed by atoms with Crippen molar-refractivity contribution < 1.29 is 18.8 Å². The average Bonchev–Trinajstić information content (AvgIpc) is 3.19. The number of urea groups is 2. The van der Waals surface area contributed by atoms with Crippen LogP contribution in [0.15, 0.2) is 29.3 Å². The van der Waals surface area contributed by atoms with Gasteiger partial charge in [-0.05, 0) is 30.7 Å². The lowest BCUT2D eigenvalue weighted by molar-refractivity contribution is -0.139. The second kappa shape index (κ2) is 9.61. The molecule has 2 bridgehead atoms. The highest BCUT2D eigenvalue weighted by molar-refractivity contribution is 8.14. The predicted octanol–water partition coefficient (Wildman–Crippen LogP) is 1.57. The summed E-state index contributed by atoms with van der Waals surface area (Å²) >= 11 is 1.39. The molecule has 3 aliphatic heterocycles. The van der Waals surface area contributed by atoms with E-state index in [4.69, 9.17) is 5.41 Å². The van der Waals surface area contributed by atoms with Gasteiger partial charge in [0, 0.05) is 31.6 Å². The topological polar surface area (TPSA) is 130 Å². The van der Waals surface area contributed by atoms with Gasteiger partial charge in [0.15, 0.2) is 5.17 Å². The van der Waals surface area contributed by atoms with Crippen LogP contribution in [0.5, 0.6) is 0 Å². The van der Waals surface area contributed by atoms with Crippen molar-refractivity contribution in [2.75, 3.05) is 20.1 Å². The molecule has 4 atom stereocenters. The van der Waals surface area contributed by atoms with Gasteiger partial charge < -0.3 is 15.1 Å². The maximum atomic E-state index is 13.3. The van der Waals surface area contributed by atoms with Gasteiger partial charge in [0.2, 0.25) is 5.91 Å². The van der Waals surface area contributed by atoms with Crippen LogP contribution in [0.2, 0.25) is 0 Å². The quantitative estimate of drug-likeness (QED) is 0.371. The molecule has 1 aromatic carbocycles. The van der Waals surface area contributed by atoms with E-state index in [9.17, 15) is 18.8 Å². The maximum absolute atomic E-state index is 13.3. The number of rotatable bonds is 2. The molecule has 0 aliphatic carbocycles. The summed E-state index contributed by atoms with van der Waals surface area (Å²) in [5, 5.41) is 16.5. The fourth-order valence-electron chi connectivity index (χ4n) is 4.66. The van der Waals surface area contributed by atoms with Crippen LogP contribution in [0, 0.1) is 17.1 Å². The number of piperazine rings is 1. The van der Waals surface area contributed by atoms with Crippen molar-refractivity contribution in [1.29, 1.82) is 5.41 Å². The fourth-order valence-corrected chi connectivity index (χ4v) is 5.97. The number of likely N-dealkylation sites (tertiary alicyclic amines) is 1. The van der Waals surface area contributed by atoms with Gasteiger partial charge in [-0.1, -0.05) is 25.6 Å². The number of fused-ring (bicyclic) bond motifs is 4. The molecule has 2 saturated heterocycles. The normalized spacial score (nSPS) is 25.4. The monoisotopic (exact) mass is 489 g/mol. The van der Waals surface area contributed by atoms with Crippen LogP contribution in [0.4, 0.5) is 14.0 Å². The Balaban J connectivity index is 1.55. The first kappa shape index (κ1) is 24.0. The van der Waals surface area contributed by atoms with Gasteiger partial charge in [-0.2, -0.15) is 0 Å². The number of piperidine rings is 1. The molecular formula is C22H28FN7O3S. The van der Waals surface area contributed by atoms with Crippen LogP contribution in [-0.2, 0) is 4.79 Å². The number of halogens is 1. The van der Waals surface area contributed by atoms with Gasteiger partial charge in [0.05, 0.1) is 23.4 Å². The molecule has 0 spiro atoms. The Morgan fingerprint density at radius 1 is 1.21 bits per heavy atom. The van der Waals surface area contributed by atoms with Crippen LogP contribution in [-0.4, -0.2) is 82.3 Å². The Labute approximate surface area is 201 Å². The average molecular weight is 490 g/mol. The smallest absolute Gasteiger partial charge is 0.323 e. The summed E-state index contributed by atoms with van der Waals surface area (Å²) in [7, 11) is 1.52. The highest BCUT2D eigenvalue weighted by Gasteiger charge is 2.53. The molecule has 2 fully saturated rings. The Morgan fingerprint density at radius 3 is 2.56 bits per heavy atom. The summed E-state index contributed by atoms with van der Waals surface area (Å²) in [5.74, 6) is -0.687. The Morgan fingerprint density at radius 2 is 1.91 bits per heavy atom. The van der Waals surface area contributed by atoms with Crippen molar-refractivity contribution in [1.82, 2.24) is 25.8 Å². The summed E-state index contributed by atoms with van der Waals surface area (Å²) in [6, 6.07) is 3.81. The third-order valence-corrected chi connectivity index (χ3v) is 7.58. The lowest BCUT2D eigenvalue weighted by Crippen LogP contribution is -2.71. The Hall–Kier alpha value is -3.15. The minimum Gasteiger partial charge on any atom is -0.341 e. The summed E-state index contributed by atoms with van der Waals surface area (Å²) in [5.41, 5.74) is 0.391. The second-order valence-corrected chi connectivity index (χ2v) is 10.0. The van der Waals surface area contributed by atoms with Crippen molar-refractivity contribution in [2.24, 2.45) is 10.9 Å². The number of hydrogen-bond acceptors (Lipinski definition) is 6. The number of carbonyl (C=O) groups is 3. The second-order valence-electron chi connectivity index (χ2n) is 8.86. The third kappa shape index (κ3) is 4.72. The van der Waals surface area contributed by atoms with Crippen LogP contribution in [0.25, 0.3) is 0 Å². The fraction of sp³-hybridized carbons (Fsp3) is 0.500. The molecule has 182 valence electrons. The van der Waals surface area contributed by atoms with Gasteiger partial charge in [-0.3, -0.25) is 25.8 Å². The highest BCUT2D eigenvalue weighted by Crippen LogP contribution is 2.41. The SMILES string of the molecule is CNC(=O)NC1=NC2CC3CN(C(=O)C(C)C)CC(C2S1)N3C(=O)NC(=N)c1ccc(F)cc1. The molecule has 10 nitrogen and oxygen atoms in total. The van der Waals surface area contributed by atoms with Crippen LogP contribution >= 0.6 is 11.8 Å². The first-order valence-corrected chi connectivity index (χ1v) is 12.0. The summed E-state index contributed by atoms with van der Waals surface area (Å²) < 4.78 is 13.2. The van der Waals surface area contributed by atoms with Gasteiger partial charge >= 0.3 is 12.1 Å². The van der Waals surface area contributed by atoms with E-state index in [-0.39, 0.29) is 47.1 Å². The number of hydrogen-bond donors (Lipinski definition) is 4. The van der Waals surface area contributed by atoms with E-state index in [0.29, 0.717) is 30.2 Å². The molecule has 4 N–H and O–H groups in total. The summed E-state index contributed by atoms with van der Waals surface area (Å²) in [6.45, 7) is 4.43. The molecule has 4 unspecified atom stereocenters. The zero-order chi connectivity index (χ0) is 24.6. The molecule has 5 amide bonds. The van der Waals surface area contributed by atoms with Crippen LogP contribution < -0.4 is 16.0 Å². The van der Waals surface area contributed by atoms with Crippen LogP contribution in [0.1, 0.15) is 25.8 Å². The molecule has 0 aromatic heterocycles. The third-order valence-electron chi connectivity index (χ3n) is 6.24. The van der Waals surface area contributed by atoms with Gasteiger partial charge in [0.25, 0.3) is 0 Å². The summed E-state index contributed by atoms with van der Waals surface area (Å²) in [4.78, 5) is 46.1. The van der Waals surface area contributed by atoms with E-state index in [1.165, 1.54) is 43.1 Å². The van der Waals surface area contributed by atoms with E-state index in [1.807, 2.05) is 13.8 Å². The molecule has 0 radical (unpaired) electrons. The first-order valence-electron chi connectivity index (χ1n) is 11.1. The predicted molar refractivity (Wildman–Crippen MR) is 127 cm³/mol. The number of amides is 5. The van der Waals surface area contributed by atoms with Crippen molar-refractivity contribution >= 4 is 40.7 Å². The Kier molecular flexibility index (Phi) is 6.78. The van der Waals surface area contributed by atoms with Crippen molar-refractivity contribution in [3.63, 3.8) is 0 Å². The summed E-state index contributed by atoms with van der Waals surface area (Å²) in [6.07, 6.45) is 0.534. The molecule has 4 rings (SSSR count). The molecule has 12 heteroatoms. The number of amidine groups is 2. The number of aliphatic imine (C=N–C) groups is 1. The zero-order valence-corrected chi connectivity index (χ0v) is 20.0. The number of thioether (sulfide) groups is 1. The molecular weight excluding hydrogens is 461 g/mol. The van der Waals surface area contributed by atoms with E-state index in [1.54, 1.807) is 9.80 Å². The van der Waals surface area contributed by atoms with E-state index in [0.717, 1.165) is 0 Å². The lowest BCUT2D eigenvalue weighted by Gasteiger charge is -2.53. The van der Waals surface area contributed by atoms with Crippen molar-refractivity contribution in [3.8, 4) is 0 Å². The number of carbonyl (C=O) groups excluding carboxylic acids is 3. The maximum Gasteiger partial charge on any atom is 0.323 e. The van der Waals surface area contributed by atoms with E-state index < -0.39 is 11.8 Å². The minimum absolute atomic E-state index is 0.0280. The molecule has 3 heterocycles. The molecule has 1 aromatic rings. The minimum atomic E-state index is -0.437. The first-order chi connectivity index (χ1) is 16.2. The van der Waals surface area contributed by atoms with Gasteiger partial charge in [0.1, 0.15) is 11.7 Å². The number of nitrogens with one attached hydrogen (secondary N) is 4. The van der Waals surface area contributed by atoms with Crippen LogP contribution in [0.3, 0.4) is 0 Å². The number of benzene rings is 1. The van der Waals surface area contributed by atoms with E-state index in [2.05, 4.69) is 20.9 Å². The molecule has 0 saturated carbocycles. The van der Waals surface area contributed by atoms with Crippen molar-refractivity contribution in [3.05, 3.63) is 35.6 Å². The largest absolute Gasteiger partial charge is 0.341 e. The lowest BCUT2D eigenvalue weighted by atomic mass is 9.87. The van der Waals surface area contributed by atoms with E-state index >= 15 is 0 Å². The standard InChI is InChI=1S/C22H28FN7O3S/c1-11(2)19(31)29-9-14-8-15-17(34-21(26-15)28-20(32)25-3)16(10-29)30(14)22(33)27-18(24)12-4-6-13(23)7-5-12/h4-7,11,14-17H,8-10H2,1-3H3,(H2,24,27,33)(H2,25,26,28,32). The Bertz CT molecular complexity index is 1030. The molecule has 34 heavy (non-hydrogen) atoms. The number of nitrogens with zero attached hydrogens (tertiary/aromatic N) is 3. The van der Waals surface area contributed by atoms with Gasteiger partial charge in [-0.15, -0.1) is 0 Å². The van der Waals surface area contributed by atoms with Crippen molar-refractivity contribution in [2.45, 2.75) is 43.6 Å².